The first kappa shape index (κ1) is 12.3. The SMILES string of the molecule is Fc1c(Cl)cccc1Cc1nccc(CCl)n1. The number of hydrogen-bond acceptors (Lipinski definition) is 2. The summed E-state index contributed by atoms with van der Waals surface area (Å²) in [5.74, 6) is 0.423. The fourth-order valence-electron chi connectivity index (χ4n) is 1.46. The molecule has 0 saturated heterocycles. The molecule has 2 aromatic rings. The molecule has 1 heterocycles. The van der Waals surface area contributed by atoms with Crippen molar-refractivity contribution >= 4 is 23.2 Å². The molecular weight excluding hydrogens is 262 g/mol. The van der Waals surface area contributed by atoms with E-state index < -0.39 is 5.82 Å². The van der Waals surface area contributed by atoms with Gasteiger partial charge in [-0.3, -0.25) is 0 Å². The van der Waals surface area contributed by atoms with Crippen molar-refractivity contribution in [3.05, 3.63) is 58.4 Å². The highest BCUT2D eigenvalue weighted by molar-refractivity contribution is 6.30. The molecular formula is C12H9Cl2FN2. The van der Waals surface area contributed by atoms with E-state index in [9.17, 15) is 4.39 Å². The first-order valence-corrected chi connectivity index (χ1v) is 5.91. The summed E-state index contributed by atoms with van der Waals surface area (Å²) in [6, 6.07) is 6.60. The van der Waals surface area contributed by atoms with Crippen molar-refractivity contribution < 1.29 is 4.39 Å². The zero-order chi connectivity index (χ0) is 12.3. The van der Waals surface area contributed by atoms with Crippen molar-refractivity contribution in [1.82, 2.24) is 9.97 Å². The number of nitrogens with zero attached hydrogens (tertiary/aromatic N) is 2. The van der Waals surface area contributed by atoms with Gasteiger partial charge in [0.05, 0.1) is 16.6 Å². The molecule has 0 N–H and O–H groups in total. The van der Waals surface area contributed by atoms with Crippen LogP contribution in [0.4, 0.5) is 4.39 Å². The standard InChI is InChI=1S/C12H9Cl2FN2/c13-7-9-4-5-16-11(17-9)6-8-2-1-3-10(14)12(8)15/h1-5H,6-7H2. The highest BCUT2D eigenvalue weighted by Crippen LogP contribution is 2.19. The minimum atomic E-state index is -0.422. The van der Waals surface area contributed by atoms with E-state index in [1.54, 1.807) is 24.4 Å². The summed E-state index contributed by atoms with van der Waals surface area (Å²) >= 11 is 11.4. The van der Waals surface area contributed by atoms with Gasteiger partial charge in [0.1, 0.15) is 11.6 Å². The predicted molar refractivity (Wildman–Crippen MR) is 65.8 cm³/mol. The molecule has 17 heavy (non-hydrogen) atoms. The number of alkyl halides is 1. The summed E-state index contributed by atoms with van der Waals surface area (Å²) in [5, 5.41) is 0.107. The first-order chi connectivity index (χ1) is 8.20. The van der Waals surface area contributed by atoms with Crippen LogP contribution < -0.4 is 0 Å². The van der Waals surface area contributed by atoms with Gasteiger partial charge >= 0.3 is 0 Å². The maximum atomic E-state index is 13.7. The van der Waals surface area contributed by atoms with E-state index in [-0.39, 0.29) is 5.02 Å². The Morgan fingerprint density at radius 1 is 1.24 bits per heavy atom. The van der Waals surface area contributed by atoms with Crippen LogP contribution in [0.15, 0.2) is 30.5 Å². The third-order valence-corrected chi connectivity index (χ3v) is 2.85. The number of aromatic nitrogens is 2. The van der Waals surface area contributed by atoms with Crippen molar-refractivity contribution in [2.75, 3.05) is 0 Å². The van der Waals surface area contributed by atoms with E-state index >= 15 is 0 Å². The number of rotatable bonds is 3. The van der Waals surface area contributed by atoms with Crippen molar-refractivity contribution in [1.29, 1.82) is 0 Å². The maximum absolute atomic E-state index is 13.7. The molecule has 0 unspecified atom stereocenters. The largest absolute Gasteiger partial charge is 0.241 e. The van der Waals surface area contributed by atoms with Crippen LogP contribution in [0.1, 0.15) is 17.1 Å². The minimum Gasteiger partial charge on any atom is -0.241 e. The van der Waals surface area contributed by atoms with Crippen LogP contribution in [0.5, 0.6) is 0 Å². The topological polar surface area (TPSA) is 25.8 Å². The highest BCUT2D eigenvalue weighted by atomic mass is 35.5. The fraction of sp³-hybridized carbons (Fsp3) is 0.167. The molecule has 0 aliphatic heterocycles. The molecule has 1 aromatic carbocycles. The van der Waals surface area contributed by atoms with Gasteiger partial charge in [0.25, 0.3) is 0 Å². The summed E-state index contributed by atoms with van der Waals surface area (Å²) in [4.78, 5) is 8.28. The van der Waals surface area contributed by atoms with E-state index in [0.717, 1.165) is 5.69 Å². The third-order valence-electron chi connectivity index (χ3n) is 2.28. The van der Waals surface area contributed by atoms with E-state index in [4.69, 9.17) is 23.2 Å². The smallest absolute Gasteiger partial charge is 0.145 e. The minimum absolute atomic E-state index is 0.107. The van der Waals surface area contributed by atoms with Gasteiger partial charge in [0, 0.05) is 12.6 Å². The van der Waals surface area contributed by atoms with Crippen molar-refractivity contribution in [2.45, 2.75) is 12.3 Å². The Morgan fingerprint density at radius 2 is 2.06 bits per heavy atom. The second-order valence-electron chi connectivity index (χ2n) is 3.49. The molecule has 2 nitrogen and oxygen atoms in total. The lowest BCUT2D eigenvalue weighted by Crippen LogP contribution is -2.00. The molecule has 0 bridgehead atoms. The van der Waals surface area contributed by atoms with Gasteiger partial charge in [-0.05, 0) is 17.7 Å². The Hall–Kier alpha value is -1.19. The van der Waals surface area contributed by atoms with Crippen LogP contribution in [0.3, 0.4) is 0 Å². The Labute approximate surface area is 108 Å². The van der Waals surface area contributed by atoms with Crippen LogP contribution in [-0.2, 0) is 12.3 Å². The zero-order valence-corrected chi connectivity index (χ0v) is 10.3. The average Bonchev–Trinajstić information content (AvgIpc) is 2.35. The molecule has 5 heteroatoms. The summed E-state index contributed by atoms with van der Waals surface area (Å²) in [5.41, 5.74) is 1.20. The van der Waals surface area contributed by atoms with Crippen LogP contribution in [-0.4, -0.2) is 9.97 Å². The summed E-state index contributed by atoms with van der Waals surface area (Å²) in [7, 11) is 0. The lowest BCUT2D eigenvalue weighted by molar-refractivity contribution is 0.612. The van der Waals surface area contributed by atoms with Crippen LogP contribution in [0, 0.1) is 5.82 Å². The summed E-state index contributed by atoms with van der Waals surface area (Å²) in [6.07, 6.45) is 1.92. The molecule has 0 radical (unpaired) electrons. The molecule has 1 aromatic heterocycles. The van der Waals surface area contributed by atoms with E-state index in [1.165, 1.54) is 6.07 Å². The first-order valence-electron chi connectivity index (χ1n) is 5.00. The predicted octanol–water partition coefficient (Wildman–Crippen LogP) is 3.60. The molecule has 0 aliphatic carbocycles. The van der Waals surface area contributed by atoms with Crippen LogP contribution in [0.2, 0.25) is 5.02 Å². The van der Waals surface area contributed by atoms with E-state index in [1.807, 2.05) is 0 Å². The Kier molecular flexibility index (Phi) is 3.92. The maximum Gasteiger partial charge on any atom is 0.145 e. The zero-order valence-electron chi connectivity index (χ0n) is 8.83. The molecule has 88 valence electrons. The van der Waals surface area contributed by atoms with E-state index in [2.05, 4.69) is 9.97 Å². The third kappa shape index (κ3) is 2.93. The van der Waals surface area contributed by atoms with Gasteiger partial charge in [-0.1, -0.05) is 23.7 Å². The number of halogens is 3. The molecule has 0 atom stereocenters. The normalized spacial score (nSPS) is 10.5. The lowest BCUT2D eigenvalue weighted by atomic mass is 10.1. The monoisotopic (exact) mass is 270 g/mol. The number of hydrogen-bond donors (Lipinski definition) is 0. The van der Waals surface area contributed by atoms with Gasteiger partial charge in [-0.15, -0.1) is 11.6 Å². The molecule has 0 amide bonds. The molecule has 0 fully saturated rings. The highest BCUT2D eigenvalue weighted by Gasteiger charge is 2.08. The molecule has 0 spiro atoms. The fourth-order valence-corrected chi connectivity index (χ4v) is 1.80. The van der Waals surface area contributed by atoms with Gasteiger partial charge < -0.3 is 0 Å². The van der Waals surface area contributed by atoms with Gasteiger partial charge in [0.2, 0.25) is 0 Å². The molecule has 2 rings (SSSR count). The quantitative estimate of drug-likeness (QED) is 0.797. The van der Waals surface area contributed by atoms with Gasteiger partial charge in [0.15, 0.2) is 0 Å². The van der Waals surface area contributed by atoms with Crippen molar-refractivity contribution in [2.24, 2.45) is 0 Å². The van der Waals surface area contributed by atoms with Gasteiger partial charge in [-0.25, -0.2) is 14.4 Å². The van der Waals surface area contributed by atoms with Gasteiger partial charge in [-0.2, -0.15) is 0 Å². The average molecular weight is 271 g/mol. The van der Waals surface area contributed by atoms with Crippen molar-refractivity contribution in [3.63, 3.8) is 0 Å². The lowest BCUT2D eigenvalue weighted by Gasteiger charge is -2.04. The summed E-state index contributed by atoms with van der Waals surface area (Å²) < 4.78 is 13.7. The van der Waals surface area contributed by atoms with E-state index in [0.29, 0.717) is 23.7 Å². The Bertz CT molecular complexity index is 532. The number of benzene rings is 1. The van der Waals surface area contributed by atoms with Crippen LogP contribution >= 0.6 is 23.2 Å². The second-order valence-corrected chi connectivity index (χ2v) is 4.16. The Morgan fingerprint density at radius 3 is 2.82 bits per heavy atom. The van der Waals surface area contributed by atoms with Crippen LogP contribution in [0.25, 0.3) is 0 Å². The van der Waals surface area contributed by atoms with Crippen molar-refractivity contribution in [3.8, 4) is 0 Å². The molecule has 0 aliphatic rings. The molecule has 0 saturated carbocycles. The second kappa shape index (κ2) is 5.43. The summed E-state index contributed by atoms with van der Waals surface area (Å²) in [6.45, 7) is 0. The Balaban J connectivity index is 2.28.